The fraction of sp³-hybridized carbons (Fsp3) is 0.333. The van der Waals surface area contributed by atoms with E-state index in [-0.39, 0.29) is 12.4 Å². The highest BCUT2D eigenvalue weighted by Gasteiger charge is 2.15. The Morgan fingerprint density at radius 3 is 2.33 bits per heavy atom. The predicted molar refractivity (Wildman–Crippen MR) is 53.9 cm³/mol. The first-order chi connectivity index (χ1) is 5.70. The van der Waals surface area contributed by atoms with Crippen LogP contribution in [0.5, 0.6) is 0 Å². The van der Waals surface area contributed by atoms with Gasteiger partial charge in [-0.15, -0.1) is 11.5 Å². The minimum Gasteiger partial charge on any atom is -0.416 e. The number of benzene rings is 1. The van der Waals surface area contributed by atoms with Gasteiger partial charge >= 0.3 is 6.33 Å². The molecule has 1 aromatic rings. The van der Waals surface area contributed by atoms with Crippen LogP contribution in [0.1, 0.15) is 13.8 Å². The Morgan fingerprint density at radius 1 is 1.25 bits per heavy atom. The summed E-state index contributed by atoms with van der Waals surface area (Å²) < 4.78 is 5.40. The van der Waals surface area contributed by atoms with Crippen LogP contribution in [0.3, 0.4) is 0 Å². The maximum absolute atomic E-state index is 5.98. The molecule has 0 saturated carbocycles. The largest absolute Gasteiger partial charge is 0.434 e. The van der Waals surface area contributed by atoms with Crippen molar-refractivity contribution in [3.8, 4) is 0 Å². The van der Waals surface area contributed by atoms with Crippen molar-refractivity contribution in [2.45, 2.75) is 20.0 Å². The van der Waals surface area contributed by atoms with E-state index in [1.807, 2.05) is 44.2 Å². The predicted octanol–water partition coefficient (Wildman–Crippen LogP) is 2.05. The monoisotopic (exact) mass is 182 g/mol. The lowest BCUT2D eigenvalue weighted by Crippen LogP contribution is -2.30. The van der Waals surface area contributed by atoms with Crippen molar-refractivity contribution in [3.63, 3.8) is 0 Å². The lowest BCUT2D eigenvalue weighted by molar-refractivity contribution is 0.256. The molecule has 0 amide bonds. The van der Waals surface area contributed by atoms with Gasteiger partial charge < -0.3 is 4.65 Å². The summed E-state index contributed by atoms with van der Waals surface area (Å²) in [5.74, 6) is 0. The molecule has 0 N–H and O–H groups in total. The van der Waals surface area contributed by atoms with Gasteiger partial charge in [0.2, 0.25) is 0 Å². The van der Waals surface area contributed by atoms with E-state index >= 15 is 0 Å². The first-order valence-electron chi connectivity index (χ1n) is 4.04. The van der Waals surface area contributed by atoms with Gasteiger partial charge in [0.25, 0.3) is 0 Å². The Labute approximate surface area is 78.7 Å². The van der Waals surface area contributed by atoms with Gasteiger partial charge in [-0.3, -0.25) is 0 Å². The Kier molecular flexibility index (Phi) is 3.64. The second kappa shape index (κ2) is 4.53. The van der Waals surface area contributed by atoms with Crippen LogP contribution in [-0.4, -0.2) is 12.4 Å². The summed E-state index contributed by atoms with van der Waals surface area (Å²) in [6, 6.07) is 9.78. The van der Waals surface area contributed by atoms with Crippen molar-refractivity contribution in [3.05, 3.63) is 30.3 Å². The SMILES string of the molecule is CC(C)OB(Cl)c1ccccc1. The third kappa shape index (κ3) is 2.88. The van der Waals surface area contributed by atoms with Gasteiger partial charge in [0.15, 0.2) is 0 Å². The molecule has 0 radical (unpaired) electrons. The zero-order chi connectivity index (χ0) is 8.97. The summed E-state index contributed by atoms with van der Waals surface area (Å²) >= 11 is 5.98. The van der Waals surface area contributed by atoms with Crippen molar-refractivity contribution in [1.82, 2.24) is 0 Å². The van der Waals surface area contributed by atoms with Crippen molar-refractivity contribution in [2.24, 2.45) is 0 Å². The zero-order valence-electron chi connectivity index (χ0n) is 7.33. The first kappa shape index (κ1) is 9.62. The Morgan fingerprint density at radius 2 is 1.83 bits per heavy atom. The van der Waals surface area contributed by atoms with Gasteiger partial charge in [0.05, 0.1) is 0 Å². The zero-order valence-corrected chi connectivity index (χ0v) is 8.08. The van der Waals surface area contributed by atoms with E-state index in [0.717, 1.165) is 5.46 Å². The average molecular weight is 182 g/mol. The van der Waals surface area contributed by atoms with Crippen molar-refractivity contribution >= 4 is 23.3 Å². The maximum Gasteiger partial charge on any atom is 0.434 e. The molecule has 1 rings (SSSR count). The smallest absolute Gasteiger partial charge is 0.416 e. The van der Waals surface area contributed by atoms with E-state index < -0.39 is 0 Å². The molecule has 0 aliphatic carbocycles. The highest BCUT2D eigenvalue weighted by molar-refractivity contribution is 7.10. The van der Waals surface area contributed by atoms with E-state index in [2.05, 4.69) is 0 Å². The molecule has 0 aliphatic heterocycles. The van der Waals surface area contributed by atoms with Crippen molar-refractivity contribution in [1.29, 1.82) is 0 Å². The van der Waals surface area contributed by atoms with E-state index in [4.69, 9.17) is 16.1 Å². The second-order valence-electron chi connectivity index (χ2n) is 2.91. The molecule has 64 valence electrons. The lowest BCUT2D eigenvalue weighted by Gasteiger charge is -2.10. The number of halogens is 1. The molecule has 12 heavy (non-hydrogen) atoms. The molecule has 1 aromatic carbocycles. The van der Waals surface area contributed by atoms with Gasteiger partial charge in [0.1, 0.15) is 0 Å². The molecule has 0 aliphatic rings. The average Bonchev–Trinajstić information content (AvgIpc) is 2.05. The van der Waals surface area contributed by atoms with Crippen LogP contribution in [0.25, 0.3) is 0 Å². The summed E-state index contributed by atoms with van der Waals surface area (Å²) in [6.45, 7) is 3.94. The molecule has 1 nitrogen and oxygen atoms in total. The molecule has 0 fully saturated rings. The van der Waals surface area contributed by atoms with Crippen LogP contribution < -0.4 is 5.46 Å². The summed E-state index contributed by atoms with van der Waals surface area (Å²) in [6.07, 6.45) is -0.168. The maximum atomic E-state index is 5.98. The number of hydrogen-bond donors (Lipinski definition) is 0. The second-order valence-corrected chi connectivity index (χ2v) is 3.31. The summed E-state index contributed by atoms with van der Waals surface area (Å²) in [5.41, 5.74) is 1.01. The normalized spacial score (nSPS) is 10.3. The fourth-order valence-electron chi connectivity index (χ4n) is 0.922. The van der Waals surface area contributed by atoms with E-state index in [9.17, 15) is 0 Å². The minimum absolute atomic E-state index is 0.160. The van der Waals surface area contributed by atoms with E-state index in [0.29, 0.717) is 0 Å². The summed E-state index contributed by atoms with van der Waals surface area (Å²) in [5, 5.41) is 0. The van der Waals surface area contributed by atoms with Crippen LogP contribution in [0.2, 0.25) is 0 Å². The van der Waals surface area contributed by atoms with Crippen molar-refractivity contribution < 1.29 is 4.65 Å². The van der Waals surface area contributed by atoms with E-state index in [1.165, 1.54) is 0 Å². The molecule has 0 heterocycles. The molecule has 0 atom stereocenters. The van der Waals surface area contributed by atoms with Gasteiger partial charge in [-0.2, -0.15) is 0 Å². The van der Waals surface area contributed by atoms with Crippen LogP contribution >= 0.6 is 11.5 Å². The Bertz CT molecular complexity index is 225. The van der Waals surface area contributed by atoms with Crippen LogP contribution in [0.15, 0.2) is 30.3 Å². The molecule has 0 saturated heterocycles. The molecular weight excluding hydrogens is 170 g/mol. The molecule has 3 heteroatoms. The highest BCUT2D eigenvalue weighted by Crippen LogP contribution is 1.99. The molecule has 0 aromatic heterocycles. The standard InChI is InChI=1S/C9H12BClO/c1-8(2)12-10(11)9-6-4-3-5-7-9/h3-8H,1-2H3. The topological polar surface area (TPSA) is 9.23 Å². The van der Waals surface area contributed by atoms with Gasteiger partial charge in [0, 0.05) is 6.10 Å². The number of hydrogen-bond acceptors (Lipinski definition) is 1. The highest BCUT2D eigenvalue weighted by atomic mass is 35.5. The third-order valence-corrected chi connectivity index (χ3v) is 1.81. The van der Waals surface area contributed by atoms with Gasteiger partial charge in [-0.1, -0.05) is 30.3 Å². The quantitative estimate of drug-likeness (QED) is 0.650. The van der Waals surface area contributed by atoms with Crippen molar-refractivity contribution in [2.75, 3.05) is 0 Å². The van der Waals surface area contributed by atoms with Crippen LogP contribution in [-0.2, 0) is 4.65 Å². The minimum atomic E-state index is -0.328. The number of rotatable bonds is 3. The molecule has 0 bridgehead atoms. The fourth-order valence-corrected chi connectivity index (χ4v) is 1.27. The van der Waals surface area contributed by atoms with E-state index in [1.54, 1.807) is 0 Å². The molecule has 0 unspecified atom stereocenters. The molecular formula is C9H12BClO. The Balaban J connectivity index is 2.59. The van der Waals surface area contributed by atoms with Gasteiger partial charge in [-0.25, -0.2) is 0 Å². The van der Waals surface area contributed by atoms with Crippen LogP contribution in [0.4, 0.5) is 0 Å². The summed E-state index contributed by atoms with van der Waals surface area (Å²) in [7, 11) is 0. The Hall–Kier alpha value is -0.465. The summed E-state index contributed by atoms with van der Waals surface area (Å²) in [4.78, 5) is 0. The van der Waals surface area contributed by atoms with Crippen LogP contribution in [0, 0.1) is 0 Å². The molecule has 0 spiro atoms. The lowest BCUT2D eigenvalue weighted by atomic mass is 9.86. The third-order valence-electron chi connectivity index (χ3n) is 1.45. The first-order valence-corrected chi connectivity index (χ1v) is 4.48. The van der Waals surface area contributed by atoms with Gasteiger partial charge in [-0.05, 0) is 19.3 Å².